The van der Waals surface area contributed by atoms with Gasteiger partial charge in [-0.2, -0.15) is 0 Å². The molecule has 1 aliphatic heterocycles. The Morgan fingerprint density at radius 3 is 2.29 bits per heavy atom. The predicted octanol–water partition coefficient (Wildman–Crippen LogP) is 5.17. The van der Waals surface area contributed by atoms with Gasteiger partial charge in [0.2, 0.25) is 0 Å². The summed E-state index contributed by atoms with van der Waals surface area (Å²) in [5.74, 6) is -0.551. The summed E-state index contributed by atoms with van der Waals surface area (Å²) in [6.45, 7) is 24.5. The molecule has 1 aliphatic rings. The normalized spacial score (nSPS) is 26.5. The van der Waals surface area contributed by atoms with Gasteiger partial charge in [0.1, 0.15) is 5.79 Å². The fourth-order valence-corrected chi connectivity index (χ4v) is 16.3. The Labute approximate surface area is 177 Å². The Kier molecular flexibility index (Phi) is 7.24. The lowest BCUT2D eigenvalue weighted by Gasteiger charge is -2.49. The third-order valence-corrected chi connectivity index (χ3v) is 14.4. The summed E-state index contributed by atoms with van der Waals surface area (Å²) in [7, 11) is -6.93. The molecule has 1 fully saturated rings. The van der Waals surface area contributed by atoms with Crippen LogP contribution < -0.4 is 10.4 Å². The molecule has 1 heterocycles. The van der Waals surface area contributed by atoms with Gasteiger partial charge in [-0.05, 0) is 75.8 Å². The van der Waals surface area contributed by atoms with Crippen molar-refractivity contribution in [1.82, 2.24) is 0 Å². The fourth-order valence-electron chi connectivity index (χ4n) is 4.24. The van der Waals surface area contributed by atoms with Crippen molar-refractivity contribution >= 4 is 50.4 Å². The summed E-state index contributed by atoms with van der Waals surface area (Å²) >= 11 is 0. The number of rotatable bonds is 7. The highest BCUT2D eigenvalue weighted by Gasteiger charge is 2.53. The average molecular weight is 452 g/mol. The summed E-state index contributed by atoms with van der Waals surface area (Å²) in [5, 5.41) is 2.76. The molecule has 1 saturated heterocycles. The van der Waals surface area contributed by atoms with Gasteiger partial charge in [-0.3, -0.25) is 0 Å². The minimum atomic E-state index is -2.65. The minimum Gasteiger partial charge on any atom is -0.433 e. The summed E-state index contributed by atoms with van der Waals surface area (Å²) < 4.78 is 20.7. The molecule has 0 aliphatic carbocycles. The van der Waals surface area contributed by atoms with Crippen molar-refractivity contribution in [3.05, 3.63) is 30.3 Å². The molecule has 1 aromatic rings. The van der Waals surface area contributed by atoms with Crippen molar-refractivity contribution in [1.29, 1.82) is 0 Å². The van der Waals surface area contributed by atoms with E-state index in [9.17, 15) is 0 Å². The standard InChI is InChI=1S/C21H39O3Si4/c1-11-18-14-12-15-19(20(18)25(3)4)28(24-27(8,9)10)17-13-16-21(2,23-28)22-26(5,6)7/h11-12,14-15H,1,13,16-17H2,2-10H3. The van der Waals surface area contributed by atoms with Crippen LogP contribution in [-0.2, 0) is 13.0 Å². The van der Waals surface area contributed by atoms with Gasteiger partial charge < -0.3 is 13.0 Å². The quantitative estimate of drug-likeness (QED) is 0.535. The van der Waals surface area contributed by atoms with Crippen LogP contribution >= 0.6 is 0 Å². The van der Waals surface area contributed by atoms with Crippen LogP contribution in [0.1, 0.15) is 25.3 Å². The second-order valence-electron chi connectivity index (χ2n) is 10.2. The molecule has 0 bridgehead atoms. The zero-order valence-electron chi connectivity index (χ0n) is 19.4. The zero-order chi connectivity index (χ0) is 21.4. The van der Waals surface area contributed by atoms with Crippen LogP contribution in [0.15, 0.2) is 24.8 Å². The van der Waals surface area contributed by atoms with Crippen molar-refractivity contribution in [3.8, 4) is 0 Å². The summed E-state index contributed by atoms with van der Waals surface area (Å²) in [6.07, 6.45) is 4.02. The Balaban J connectivity index is 2.65. The number of hydrogen-bond donors (Lipinski definition) is 0. The molecule has 157 valence electrons. The van der Waals surface area contributed by atoms with E-state index in [1.54, 1.807) is 0 Å². The van der Waals surface area contributed by atoms with Crippen molar-refractivity contribution < 1.29 is 13.0 Å². The molecule has 7 heteroatoms. The topological polar surface area (TPSA) is 27.7 Å². The molecule has 0 N–H and O–H groups in total. The van der Waals surface area contributed by atoms with Gasteiger partial charge in [0.05, 0.1) is 8.80 Å². The smallest absolute Gasteiger partial charge is 0.364 e. The van der Waals surface area contributed by atoms with E-state index in [0.717, 1.165) is 18.9 Å². The van der Waals surface area contributed by atoms with Gasteiger partial charge in [-0.1, -0.05) is 49.1 Å². The van der Waals surface area contributed by atoms with Crippen molar-refractivity contribution in [3.63, 3.8) is 0 Å². The summed E-state index contributed by atoms with van der Waals surface area (Å²) in [5.41, 5.74) is 1.24. The highest BCUT2D eigenvalue weighted by atomic mass is 28.4. The predicted molar refractivity (Wildman–Crippen MR) is 131 cm³/mol. The van der Waals surface area contributed by atoms with E-state index in [2.05, 4.69) is 84.1 Å². The highest BCUT2D eigenvalue weighted by molar-refractivity contribution is 6.93. The van der Waals surface area contributed by atoms with E-state index < -0.39 is 39.8 Å². The summed E-state index contributed by atoms with van der Waals surface area (Å²) in [6, 6.07) is 7.61. The fraction of sp³-hybridized carbons (Fsp3) is 0.619. The van der Waals surface area contributed by atoms with E-state index in [-0.39, 0.29) is 0 Å². The maximum atomic E-state index is 7.04. The third-order valence-electron chi connectivity index (χ3n) is 4.74. The first-order valence-corrected chi connectivity index (χ1v) is 21.7. The van der Waals surface area contributed by atoms with Crippen molar-refractivity contribution in [2.75, 3.05) is 0 Å². The van der Waals surface area contributed by atoms with Crippen molar-refractivity contribution in [2.24, 2.45) is 0 Å². The molecule has 2 unspecified atom stereocenters. The SMILES string of the molecule is C=Cc1cccc([Si]2(O[Si](C)(C)C)CCCC(C)(O[Si](C)(C)C)O2)c1[Si](C)C. The molecular formula is C21H39O3Si4. The molecule has 1 radical (unpaired) electrons. The lowest BCUT2D eigenvalue weighted by molar-refractivity contribution is -0.135. The number of benzene rings is 1. The zero-order valence-corrected chi connectivity index (χ0v) is 23.4. The minimum absolute atomic E-state index is 0.551. The molecule has 28 heavy (non-hydrogen) atoms. The van der Waals surface area contributed by atoms with E-state index in [4.69, 9.17) is 13.0 Å². The van der Waals surface area contributed by atoms with Gasteiger partial charge in [0.15, 0.2) is 16.6 Å². The third kappa shape index (κ3) is 5.87. The van der Waals surface area contributed by atoms with E-state index in [1.807, 2.05) is 6.08 Å². The molecule has 2 atom stereocenters. The van der Waals surface area contributed by atoms with Crippen LogP contribution in [0.5, 0.6) is 0 Å². The Hall–Kier alpha value is -0.292. The summed E-state index contributed by atoms with van der Waals surface area (Å²) in [4.78, 5) is 0. The van der Waals surface area contributed by atoms with Gasteiger partial charge >= 0.3 is 8.56 Å². The van der Waals surface area contributed by atoms with Crippen LogP contribution in [0.2, 0.25) is 58.4 Å². The number of hydrogen-bond acceptors (Lipinski definition) is 3. The van der Waals surface area contributed by atoms with Gasteiger partial charge in [-0.15, -0.1) is 0 Å². The van der Waals surface area contributed by atoms with E-state index in [1.165, 1.54) is 15.9 Å². The van der Waals surface area contributed by atoms with E-state index >= 15 is 0 Å². The maximum absolute atomic E-state index is 7.04. The lowest BCUT2D eigenvalue weighted by Crippen LogP contribution is -2.69. The van der Waals surface area contributed by atoms with Gasteiger partial charge in [0, 0.05) is 0 Å². The lowest BCUT2D eigenvalue weighted by atomic mass is 10.2. The van der Waals surface area contributed by atoms with Gasteiger partial charge in [0.25, 0.3) is 0 Å². The molecular weight excluding hydrogens is 413 g/mol. The second kappa shape index (κ2) is 8.45. The first-order valence-electron chi connectivity index (χ1n) is 10.4. The van der Waals surface area contributed by atoms with Crippen LogP contribution in [0.4, 0.5) is 0 Å². The first kappa shape index (κ1) is 24.0. The van der Waals surface area contributed by atoms with Crippen molar-refractivity contribution in [2.45, 2.75) is 84.0 Å². The molecule has 0 spiro atoms. The van der Waals surface area contributed by atoms with E-state index in [0.29, 0.717) is 0 Å². The highest BCUT2D eigenvalue weighted by Crippen LogP contribution is 2.38. The molecule has 3 nitrogen and oxygen atoms in total. The largest absolute Gasteiger partial charge is 0.433 e. The Morgan fingerprint density at radius 2 is 1.79 bits per heavy atom. The van der Waals surface area contributed by atoms with Crippen LogP contribution in [0.25, 0.3) is 6.08 Å². The van der Waals surface area contributed by atoms with Crippen LogP contribution in [-0.4, -0.2) is 39.8 Å². The first-order chi connectivity index (χ1) is 12.7. The second-order valence-corrected chi connectivity index (χ2v) is 25.0. The Morgan fingerprint density at radius 1 is 1.14 bits per heavy atom. The molecule has 2 rings (SSSR count). The molecule has 0 saturated carbocycles. The monoisotopic (exact) mass is 451 g/mol. The average Bonchev–Trinajstić information content (AvgIpc) is 2.49. The maximum Gasteiger partial charge on any atom is 0.364 e. The molecule has 1 aromatic carbocycles. The molecule has 0 aromatic heterocycles. The molecule has 0 amide bonds. The van der Waals surface area contributed by atoms with Gasteiger partial charge in [-0.25, -0.2) is 0 Å². The van der Waals surface area contributed by atoms with Crippen LogP contribution in [0, 0.1) is 0 Å². The van der Waals surface area contributed by atoms with Crippen LogP contribution in [0.3, 0.4) is 0 Å². The Bertz CT molecular complexity index is 709.